The van der Waals surface area contributed by atoms with Gasteiger partial charge in [0.05, 0.1) is 0 Å². The Bertz CT molecular complexity index is 2420. The Balaban J connectivity index is 1.35. The number of rotatable bonds is 7. The zero-order valence-corrected chi connectivity index (χ0v) is 32.2. The van der Waals surface area contributed by atoms with Gasteiger partial charge in [-0.1, -0.05) is 145 Å². The van der Waals surface area contributed by atoms with Crippen LogP contribution in [0.15, 0.2) is 158 Å². The van der Waals surface area contributed by atoms with Gasteiger partial charge in [-0.3, -0.25) is 0 Å². The van der Waals surface area contributed by atoms with Crippen LogP contribution < -0.4 is 26.2 Å². The van der Waals surface area contributed by atoms with E-state index < -0.39 is 0 Å². The molecule has 2 aliphatic rings. The average molecular weight is 699 g/mol. The molecule has 2 nitrogen and oxygen atoms in total. The molecule has 0 saturated carbocycles. The van der Waals surface area contributed by atoms with Gasteiger partial charge in [0.15, 0.2) is 0 Å². The van der Waals surface area contributed by atoms with Crippen molar-refractivity contribution in [3.05, 3.63) is 174 Å². The van der Waals surface area contributed by atoms with Gasteiger partial charge in [-0.05, 0) is 128 Å². The lowest BCUT2D eigenvalue weighted by molar-refractivity contribution is 0.866. The summed E-state index contributed by atoms with van der Waals surface area (Å²) < 4.78 is 0. The van der Waals surface area contributed by atoms with Gasteiger partial charge in [0.25, 0.3) is 6.71 Å². The van der Waals surface area contributed by atoms with Crippen molar-refractivity contribution < 1.29 is 0 Å². The van der Waals surface area contributed by atoms with Crippen LogP contribution in [0, 0.1) is 0 Å². The summed E-state index contributed by atoms with van der Waals surface area (Å²) in [6.07, 6.45) is 0. The molecule has 2 aliphatic heterocycles. The van der Waals surface area contributed by atoms with E-state index in [0.717, 1.165) is 5.69 Å². The largest absolute Gasteiger partial charge is 0.311 e. The first kappa shape index (κ1) is 34.0. The van der Waals surface area contributed by atoms with E-state index in [-0.39, 0.29) is 6.71 Å². The van der Waals surface area contributed by atoms with E-state index in [1.165, 1.54) is 83.8 Å². The van der Waals surface area contributed by atoms with Crippen molar-refractivity contribution >= 4 is 57.2 Å². The Morgan fingerprint density at radius 1 is 0.352 bits per heavy atom. The maximum Gasteiger partial charge on any atom is 0.252 e. The summed E-state index contributed by atoms with van der Waals surface area (Å²) in [5, 5.41) is 0. The van der Waals surface area contributed by atoms with Crippen molar-refractivity contribution in [3.63, 3.8) is 0 Å². The van der Waals surface area contributed by atoms with E-state index in [0.29, 0.717) is 17.8 Å². The van der Waals surface area contributed by atoms with E-state index in [2.05, 4.69) is 209 Å². The quantitative estimate of drug-likeness (QED) is 0.153. The molecule has 0 aliphatic carbocycles. The second-order valence-corrected chi connectivity index (χ2v) is 16.0. The first-order valence-corrected chi connectivity index (χ1v) is 19.6. The molecule has 0 spiro atoms. The molecule has 7 aromatic rings. The van der Waals surface area contributed by atoms with Gasteiger partial charge >= 0.3 is 0 Å². The van der Waals surface area contributed by atoms with Crippen molar-refractivity contribution in [1.82, 2.24) is 0 Å². The first-order valence-electron chi connectivity index (χ1n) is 19.6. The predicted octanol–water partition coefficient (Wildman–Crippen LogP) is 12.5. The molecule has 54 heavy (non-hydrogen) atoms. The van der Waals surface area contributed by atoms with Crippen LogP contribution in [-0.4, -0.2) is 6.71 Å². The predicted molar refractivity (Wildman–Crippen MR) is 234 cm³/mol. The van der Waals surface area contributed by atoms with Crippen LogP contribution in [0.3, 0.4) is 0 Å². The van der Waals surface area contributed by atoms with Crippen LogP contribution >= 0.6 is 0 Å². The molecule has 0 bridgehead atoms. The van der Waals surface area contributed by atoms with Crippen LogP contribution in [0.5, 0.6) is 0 Å². The van der Waals surface area contributed by atoms with Gasteiger partial charge in [0, 0.05) is 34.1 Å². The molecular weight excluding hydrogens is 651 g/mol. The summed E-state index contributed by atoms with van der Waals surface area (Å²) in [7, 11) is 0. The van der Waals surface area contributed by atoms with Crippen molar-refractivity contribution in [1.29, 1.82) is 0 Å². The van der Waals surface area contributed by atoms with Crippen molar-refractivity contribution in [3.8, 4) is 22.3 Å². The zero-order chi connectivity index (χ0) is 37.1. The molecule has 0 N–H and O–H groups in total. The Kier molecular flexibility index (Phi) is 8.54. The molecule has 0 atom stereocenters. The van der Waals surface area contributed by atoms with Crippen LogP contribution in [0.4, 0.5) is 34.1 Å². The van der Waals surface area contributed by atoms with Gasteiger partial charge in [0.2, 0.25) is 0 Å². The minimum Gasteiger partial charge on any atom is -0.311 e. The highest BCUT2D eigenvalue weighted by molar-refractivity contribution is 7.00. The lowest BCUT2D eigenvalue weighted by Gasteiger charge is -2.44. The molecule has 3 heteroatoms. The summed E-state index contributed by atoms with van der Waals surface area (Å²) >= 11 is 0. The van der Waals surface area contributed by atoms with Crippen LogP contribution in [0.2, 0.25) is 0 Å². The molecular formula is C51H47BN2. The Labute approximate surface area is 321 Å². The minimum atomic E-state index is 0.0898. The third-order valence-electron chi connectivity index (χ3n) is 11.6. The molecule has 9 rings (SSSR count). The van der Waals surface area contributed by atoms with Crippen LogP contribution in [0.25, 0.3) is 22.3 Å². The number of fused-ring (bicyclic) bond motifs is 4. The Morgan fingerprint density at radius 2 is 0.796 bits per heavy atom. The van der Waals surface area contributed by atoms with E-state index in [9.17, 15) is 0 Å². The third-order valence-corrected chi connectivity index (χ3v) is 11.6. The highest BCUT2D eigenvalue weighted by Crippen LogP contribution is 2.46. The summed E-state index contributed by atoms with van der Waals surface area (Å²) in [6, 6.07) is 59.4. The molecule has 0 fully saturated rings. The monoisotopic (exact) mass is 698 g/mol. The van der Waals surface area contributed by atoms with E-state index in [1.54, 1.807) is 0 Å². The highest BCUT2D eigenvalue weighted by Gasteiger charge is 2.43. The third kappa shape index (κ3) is 5.74. The standard InChI is InChI=1S/C51H47BN2/c1-33(2)36-20-24-43(25-21-36)53-47-26-22-39(34(3)4)31-45(47)52-46-32-40(35(5)6)23-27-48(46)54(50-19-13-18-49(53)51(50)52)44-29-41(37-14-9-7-10-15-37)28-42(30-44)38-16-11-8-12-17-38/h7-35H,1-6H3. The number of benzene rings is 7. The number of anilines is 6. The first-order chi connectivity index (χ1) is 26.3. The maximum atomic E-state index is 2.55. The summed E-state index contributed by atoms with van der Waals surface area (Å²) in [5.74, 6) is 1.31. The number of hydrogen-bond donors (Lipinski definition) is 0. The molecule has 0 unspecified atom stereocenters. The van der Waals surface area contributed by atoms with E-state index in [1.807, 2.05) is 0 Å². The van der Waals surface area contributed by atoms with Crippen LogP contribution in [-0.2, 0) is 0 Å². The Hall–Kier alpha value is -5.80. The summed E-state index contributed by atoms with van der Waals surface area (Å²) in [6.45, 7) is 13.9. The lowest BCUT2D eigenvalue weighted by Crippen LogP contribution is -2.61. The normalized spacial score (nSPS) is 13.0. The highest BCUT2D eigenvalue weighted by atomic mass is 15.2. The molecule has 0 saturated heterocycles. The van der Waals surface area contributed by atoms with E-state index >= 15 is 0 Å². The maximum absolute atomic E-state index is 2.55. The van der Waals surface area contributed by atoms with Gasteiger partial charge in [-0.2, -0.15) is 0 Å². The summed E-state index contributed by atoms with van der Waals surface area (Å²) in [4.78, 5) is 5.06. The van der Waals surface area contributed by atoms with Crippen molar-refractivity contribution in [2.45, 2.75) is 59.3 Å². The molecule has 0 amide bonds. The van der Waals surface area contributed by atoms with Crippen molar-refractivity contribution in [2.75, 3.05) is 9.80 Å². The Morgan fingerprint density at radius 3 is 1.26 bits per heavy atom. The number of hydrogen-bond acceptors (Lipinski definition) is 2. The van der Waals surface area contributed by atoms with Gasteiger partial charge in [-0.25, -0.2) is 0 Å². The molecule has 264 valence electrons. The van der Waals surface area contributed by atoms with Gasteiger partial charge in [0.1, 0.15) is 0 Å². The zero-order valence-electron chi connectivity index (χ0n) is 32.2. The molecule has 7 aromatic carbocycles. The second-order valence-electron chi connectivity index (χ2n) is 16.0. The average Bonchev–Trinajstić information content (AvgIpc) is 3.20. The van der Waals surface area contributed by atoms with Gasteiger partial charge in [-0.15, -0.1) is 0 Å². The fourth-order valence-corrected chi connectivity index (χ4v) is 8.60. The molecule has 0 radical (unpaired) electrons. The molecule has 0 aromatic heterocycles. The molecule has 2 heterocycles. The smallest absolute Gasteiger partial charge is 0.252 e. The van der Waals surface area contributed by atoms with E-state index in [4.69, 9.17) is 0 Å². The fraction of sp³-hybridized carbons (Fsp3) is 0.176. The number of nitrogens with zero attached hydrogens (tertiary/aromatic N) is 2. The van der Waals surface area contributed by atoms with Crippen LogP contribution in [0.1, 0.15) is 76.0 Å². The summed E-state index contributed by atoms with van der Waals surface area (Å²) in [5.41, 5.74) is 20.4. The SMILES string of the molecule is CC(C)c1ccc(N2c3ccc(C(C)C)cc3B3c4cc(C(C)C)ccc4N(c4cc(-c5ccccc5)cc(-c5ccccc5)c4)c4cccc2c43)cc1. The van der Waals surface area contributed by atoms with Crippen molar-refractivity contribution in [2.24, 2.45) is 0 Å². The fourth-order valence-electron chi connectivity index (χ4n) is 8.60. The topological polar surface area (TPSA) is 6.48 Å². The second kappa shape index (κ2) is 13.6. The van der Waals surface area contributed by atoms with Gasteiger partial charge < -0.3 is 9.80 Å². The minimum absolute atomic E-state index is 0.0898. The lowest BCUT2D eigenvalue weighted by atomic mass is 9.33.